The van der Waals surface area contributed by atoms with E-state index in [0.29, 0.717) is 16.1 Å². The van der Waals surface area contributed by atoms with E-state index in [1.165, 1.54) is 11.1 Å². The SMILES string of the molecule is CC(C)Sc1ccc(Nc2nc(Cl)ncc2Cl)cc1. The molecule has 1 N–H and O–H groups in total. The van der Waals surface area contributed by atoms with Gasteiger partial charge in [0.25, 0.3) is 0 Å². The standard InChI is InChI=1S/C13H13Cl2N3S/c1-8(2)19-10-5-3-9(4-6-10)17-12-11(14)7-16-13(15)18-12/h3-8H,1-2H3,(H,16,17,18). The molecule has 0 radical (unpaired) electrons. The Kier molecular flexibility index (Phi) is 4.91. The summed E-state index contributed by atoms with van der Waals surface area (Å²) in [6.45, 7) is 4.33. The molecule has 0 spiro atoms. The van der Waals surface area contributed by atoms with E-state index >= 15 is 0 Å². The zero-order chi connectivity index (χ0) is 13.8. The van der Waals surface area contributed by atoms with Crippen LogP contribution < -0.4 is 5.32 Å². The fourth-order valence-electron chi connectivity index (χ4n) is 1.46. The van der Waals surface area contributed by atoms with Crippen LogP contribution in [0.15, 0.2) is 35.4 Å². The predicted molar refractivity (Wildman–Crippen MR) is 82.8 cm³/mol. The number of hydrogen-bond donors (Lipinski definition) is 1. The van der Waals surface area contributed by atoms with Crippen molar-refractivity contribution >= 4 is 46.5 Å². The van der Waals surface area contributed by atoms with Crippen molar-refractivity contribution < 1.29 is 0 Å². The van der Waals surface area contributed by atoms with E-state index in [0.717, 1.165) is 5.69 Å². The van der Waals surface area contributed by atoms with Crippen LogP contribution in [-0.2, 0) is 0 Å². The summed E-state index contributed by atoms with van der Waals surface area (Å²) in [4.78, 5) is 9.08. The molecule has 0 saturated carbocycles. The monoisotopic (exact) mass is 313 g/mol. The van der Waals surface area contributed by atoms with Crippen LogP contribution in [0.5, 0.6) is 0 Å². The number of hydrogen-bond acceptors (Lipinski definition) is 4. The second-order valence-electron chi connectivity index (χ2n) is 4.15. The molecule has 0 atom stereocenters. The highest BCUT2D eigenvalue weighted by molar-refractivity contribution is 7.99. The van der Waals surface area contributed by atoms with Gasteiger partial charge < -0.3 is 5.32 Å². The Labute approximate surface area is 126 Å². The van der Waals surface area contributed by atoms with E-state index in [1.807, 2.05) is 23.9 Å². The highest BCUT2D eigenvalue weighted by Crippen LogP contribution is 2.27. The lowest BCUT2D eigenvalue weighted by Crippen LogP contribution is -1.96. The smallest absolute Gasteiger partial charge is 0.224 e. The van der Waals surface area contributed by atoms with Gasteiger partial charge in [0, 0.05) is 15.8 Å². The molecule has 6 heteroatoms. The number of benzene rings is 1. The van der Waals surface area contributed by atoms with E-state index in [-0.39, 0.29) is 5.28 Å². The van der Waals surface area contributed by atoms with Gasteiger partial charge in [0.15, 0.2) is 5.82 Å². The number of anilines is 2. The largest absolute Gasteiger partial charge is 0.339 e. The molecule has 2 aromatic rings. The molecule has 1 aromatic carbocycles. The van der Waals surface area contributed by atoms with Gasteiger partial charge in [0.2, 0.25) is 5.28 Å². The summed E-state index contributed by atoms with van der Waals surface area (Å²) in [5.41, 5.74) is 0.907. The Hall–Kier alpha value is -0.970. The van der Waals surface area contributed by atoms with Gasteiger partial charge in [-0.25, -0.2) is 4.98 Å². The van der Waals surface area contributed by atoms with Crippen molar-refractivity contribution in [2.75, 3.05) is 5.32 Å². The number of nitrogens with one attached hydrogen (secondary N) is 1. The molecule has 3 nitrogen and oxygen atoms in total. The topological polar surface area (TPSA) is 37.8 Å². The lowest BCUT2D eigenvalue weighted by Gasteiger charge is -2.09. The second-order valence-corrected chi connectivity index (χ2v) is 6.55. The molecule has 0 unspecified atom stereocenters. The predicted octanol–water partition coefficient (Wildman–Crippen LogP) is 5.03. The first-order chi connectivity index (χ1) is 9.04. The van der Waals surface area contributed by atoms with Crippen molar-refractivity contribution in [2.45, 2.75) is 24.0 Å². The number of rotatable bonds is 4. The molecule has 100 valence electrons. The first kappa shape index (κ1) is 14.4. The summed E-state index contributed by atoms with van der Waals surface area (Å²) >= 11 is 13.6. The lowest BCUT2D eigenvalue weighted by atomic mass is 10.3. The van der Waals surface area contributed by atoms with Gasteiger partial charge in [-0.05, 0) is 35.9 Å². The van der Waals surface area contributed by atoms with Crippen LogP contribution in [0.4, 0.5) is 11.5 Å². The molecular formula is C13H13Cl2N3S. The maximum atomic E-state index is 6.00. The molecule has 0 aliphatic rings. The third-order valence-electron chi connectivity index (χ3n) is 2.20. The summed E-state index contributed by atoms with van der Waals surface area (Å²) in [6, 6.07) is 8.08. The summed E-state index contributed by atoms with van der Waals surface area (Å²) in [6.07, 6.45) is 1.47. The van der Waals surface area contributed by atoms with Crippen LogP contribution in [0.2, 0.25) is 10.3 Å². The summed E-state index contributed by atoms with van der Waals surface area (Å²) in [5, 5.41) is 4.28. The summed E-state index contributed by atoms with van der Waals surface area (Å²) < 4.78 is 0. The van der Waals surface area contributed by atoms with Crippen molar-refractivity contribution in [1.29, 1.82) is 0 Å². The maximum Gasteiger partial charge on any atom is 0.224 e. The van der Waals surface area contributed by atoms with Crippen molar-refractivity contribution in [1.82, 2.24) is 9.97 Å². The Balaban J connectivity index is 2.13. The molecule has 1 heterocycles. The first-order valence-corrected chi connectivity index (χ1v) is 7.40. The molecule has 19 heavy (non-hydrogen) atoms. The molecule has 0 bridgehead atoms. The van der Waals surface area contributed by atoms with Crippen molar-refractivity contribution in [2.24, 2.45) is 0 Å². The van der Waals surface area contributed by atoms with E-state index in [1.54, 1.807) is 0 Å². The first-order valence-electron chi connectivity index (χ1n) is 5.76. The fraction of sp³-hybridized carbons (Fsp3) is 0.231. The maximum absolute atomic E-state index is 6.00. The zero-order valence-corrected chi connectivity index (χ0v) is 12.9. The zero-order valence-electron chi connectivity index (χ0n) is 10.5. The van der Waals surface area contributed by atoms with E-state index in [9.17, 15) is 0 Å². The number of halogens is 2. The van der Waals surface area contributed by atoms with Gasteiger partial charge >= 0.3 is 0 Å². The molecular weight excluding hydrogens is 301 g/mol. The number of nitrogens with zero attached hydrogens (tertiary/aromatic N) is 2. The molecule has 0 saturated heterocycles. The molecule has 0 fully saturated rings. The molecule has 0 aliphatic carbocycles. The van der Waals surface area contributed by atoms with Crippen LogP contribution in [0, 0.1) is 0 Å². The average molecular weight is 314 g/mol. The normalized spacial score (nSPS) is 10.8. The van der Waals surface area contributed by atoms with Crippen LogP contribution >= 0.6 is 35.0 Å². The van der Waals surface area contributed by atoms with Crippen LogP contribution in [0.1, 0.15) is 13.8 Å². The quantitative estimate of drug-likeness (QED) is 0.634. The summed E-state index contributed by atoms with van der Waals surface area (Å²) in [7, 11) is 0. The average Bonchev–Trinajstić information content (AvgIpc) is 2.35. The molecule has 1 aromatic heterocycles. The third-order valence-corrected chi connectivity index (χ3v) is 3.68. The minimum absolute atomic E-state index is 0.166. The summed E-state index contributed by atoms with van der Waals surface area (Å²) in [5.74, 6) is 0.505. The van der Waals surface area contributed by atoms with Crippen LogP contribution in [0.25, 0.3) is 0 Å². The fourth-order valence-corrected chi connectivity index (χ4v) is 2.57. The van der Waals surface area contributed by atoms with Gasteiger partial charge in [-0.3, -0.25) is 0 Å². The minimum atomic E-state index is 0.166. The van der Waals surface area contributed by atoms with E-state index in [2.05, 4.69) is 41.3 Å². The van der Waals surface area contributed by atoms with Gasteiger partial charge in [-0.15, -0.1) is 11.8 Å². The van der Waals surface area contributed by atoms with E-state index in [4.69, 9.17) is 23.2 Å². The Morgan fingerprint density at radius 1 is 1.16 bits per heavy atom. The Morgan fingerprint density at radius 3 is 2.47 bits per heavy atom. The van der Waals surface area contributed by atoms with Crippen molar-refractivity contribution in [3.8, 4) is 0 Å². The van der Waals surface area contributed by atoms with Gasteiger partial charge in [0.05, 0.1) is 6.20 Å². The number of thioether (sulfide) groups is 1. The van der Waals surface area contributed by atoms with Gasteiger partial charge in [-0.2, -0.15) is 4.98 Å². The number of aromatic nitrogens is 2. The molecule has 2 rings (SSSR count). The molecule has 0 aliphatic heterocycles. The van der Waals surface area contributed by atoms with Crippen molar-refractivity contribution in [3.63, 3.8) is 0 Å². The highest BCUT2D eigenvalue weighted by Gasteiger charge is 2.05. The van der Waals surface area contributed by atoms with Gasteiger partial charge in [-0.1, -0.05) is 25.4 Å². The minimum Gasteiger partial charge on any atom is -0.339 e. The lowest BCUT2D eigenvalue weighted by molar-refractivity contribution is 1.11. The van der Waals surface area contributed by atoms with Crippen LogP contribution in [-0.4, -0.2) is 15.2 Å². The second kappa shape index (κ2) is 6.46. The third kappa shape index (κ3) is 4.27. The highest BCUT2D eigenvalue weighted by atomic mass is 35.5. The molecule has 0 amide bonds. The van der Waals surface area contributed by atoms with Crippen molar-refractivity contribution in [3.05, 3.63) is 40.8 Å². The Bertz CT molecular complexity index is 558. The Morgan fingerprint density at radius 2 is 1.84 bits per heavy atom. The van der Waals surface area contributed by atoms with Crippen LogP contribution in [0.3, 0.4) is 0 Å². The van der Waals surface area contributed by atoms with Gasteiger partial charge in [0.1, 0.15) is 5.02 Å². The van der Waals surface area contributed by atoms with E-state index < -0.39 is 0 Å².